The van der Waals surface area contributed by atoms with Crippen LogP contribution in [0.25, 0.3) is 0 Å². The highest BCUT2D eigenvalue weighted by Gasteiger charge is 2.12. The molecule has 18 heavy (non-hydrogen) atoms. The van der Waals surface area contributed by atoms with Crippen LogP contribution in [0, 0.1) is 5.82 Å². The fourth-order valence-electron chi connectivity index (χ4n) is 1.76. The van der Waals surface area contributed by atoms with Crippen LogP contribution in [-0.2, 0) is 0 Å². The van der Waals surface area contributed by atoms with Gasteiger partial charge in [0.05, 0.1) is 0 Å². The van der Waals surface area contributed by atoms with E-state index in [2.05, 4.69) is 0 Å². The van der Waals surface area contributed by atoms with E-state index in [-0.39, 0.29) is 11.9 Å². The summed E-state index contributed by atoms with van der Waals surface area (Å²) in [6.07, 6.45) is 0.535. The van der Waals surface area contributed by atoms with E-state index in [0.717, 1.165) is 5.56 Å². The summed E-state index contributed by atoms with van der Waals surface area (Å²) in [6.45, 7) is 0. The van der Waals surface area contributed by atoms with Gasteiger partial charge in [0.1, 0.15) is 17.7 Å². The summed E-state index contributed by atoms with van der Waals surface area (Å²) in [5, 5.41) is 0. The normalized spacial score (nSPS) is 12.1. The maximum Gasteiger partial charge on any atom is 0.126 e. The molecule has 0 aliphatic rings. The first-order valence-corrected chi connectivity index (χ1v) is 6.36. The van der Waals surface area contributed by atoms with Crippen molar-refractivity contribution in [3.8, 4) is 5.75 Å². The van der Waals surface area contributed by atoms with E-state index in [0.29, 0.717) is 18.1 Å². The number of ether oxygens (including phenoxy) is 1. The molecule has 0 spiro atoms. The molecule has 0 amide bonds. The largest absolute Gasteiger partial charge is 0.486 e. The highest BCUT2D eigenvalue weighted by atomic mass is 35.5. The predicted octanol–water partition coefficient (Wildman–Crippen LogP) is 4.57. The quantitative estimate of drug-likeness (QED) is 0.719. The van der Waals surface area contributed by atoms with Gasteiger partial charge < -0.3 is 4.74 Å². The van der Waals surface area contributed by atoms with Gasteiger partial charge in [-0.05, 0) is 17.7 Å². The topological polar surface area (TPSA) is 9.23 Å². The number of halogens is 2. The molecule has 0 aliphatic heterocycles. The Kier molecular flexibility index (Phi) is 4.59. The van der Waals surface area contributed by atoms with E-state index in [9.17, 15) is 4.39 Å². The van der Waals surface area contributed by atoms with Gasteiger partial charge in [0.25, 0.3) is 0 Å². The second kappa shape index (κ2) is 6.41. The lowest BCUT2D eigenvalue weighted by Gasteiger charge is -2.18. The zero-order valence-electron chi connectivity index (χ0n) is 9.85. The van der Waals surface area contributed by atoms with E-state index in [1.807, 2.05) is 30.3 Å². The Morgan fingerprint density at radius 1 is 1.06 bits per heavy atom. The zero-order valence-corrected chi connectivity index (χ0v) is 10.6. The van der Waals surface area contributed by atoms with Crippen molar-refractivity contribution in [2.45, 2.75) is 12.5 Å². The molecule has 0 radical (unpaired) electrons. The Hall–Kier alpha value is -1.54. The molecular weight excluding hydrogens is 251 g/mol. The SMILES string of the molecule is Fc1cccc(O[C@H](CCCl)c2ccccc2)c1. The number of alkyl halides is 1. The van der Waals surface area contributed by atoms with Gasteiger partial charge in [0, 0.05) is 18.4 Å². The van der Waals surface area contributed by atoms with Gasteiger partial charge in [-0.2, -0.15) is 0 Å². The summed E-state index contributed by atoms with van der Waals surface area (Å²) < 4.78 is 18.9. The third kappa shape index (κ3) is 3.47. The molecule has 94 valence electrons. The average Bonchev–Trinajstić information content (AvgIpc) is 2.39. The van der Waals surface area contributed by atoms with Crippen LogP contribution in [0.2, 0.25) is 0 Å². The van der Waals surface area contributed by atoms with Crippen LogP contribution in [0.5, 0.6) is 5.75 Å². The lowest BCUT2D eigenvalue weighted by molar-refractivity contribution is 0.201. The Morgan fingerprint density at radius 2 is 1.83 bits per heavy atom. The van der Waals surface area contributed by atoms with Crippen LogP contribution in [0.3, 0.4) is 0 Å². The first-order chi connectivity index (χ1) is 8.79. The Balaban J connectivity index is 2.16. The molecule has 2 rings (SSSR count). The molecule has 0 N–H and O–H groups in total. The van der Waals surface area contributed by atoms with E-state index >= 15 is 0 Å². The minimum atomic E-state index is -0.301. The first kappa shape index (κ1) is 12.9. The molecule has 2 aromatic carbocycles. The lowest BCUT2D eigenvalue weighted by atomic mass is 10.1. The molecule has 3 heteroatoms. The van der Waals surface area contributed by atoms with Gasteiger partial charge in [-0.15, -0.1) is 11.6 Å². The smallest absolute Gasteiger partial charge is 0.126 e. The number of benzene rings is 2. The molecular formula is C15H14ClFO. The van der Waals surface area contributed by atoms with Crippen LogP contribution in [-0.4, -0.2) is 5.88 Å². The third-order valence-electron chi connectivity index (χ3n) is 2.62. The van der Waals surface area contributed by atoms with Gasteiger partial charge in [-0.1, -0.05) is 36.4 Å². The van der Waals surface area contributed by atoms with Crippen molar-refractivity contribution in [1.82, 2.24) is 0 Å². The van der Waals surface area contributed by atoms with Gasteiger partial charge in [-0.25, -0.2) is 4.39 Å². The minimum absolute atomic E-state index is 0.148. The van der Waals surface area contributed by atoms with E-state index in [1.165, 1.54) is 12.1 Å². The molecule has 0 aromatic heterocycles. The van der Waals surface area contributed by atoms with Gasteiger partial charge in [0.15, 0.2) is 0 Å². The predicted molar refractivity (Wildman–Crippen MR) is 71.5 cm³/mol. The van der Waals surface area contributed by atoms with Crippen molar-refractivity contribution in [2.24, 2.45) is 0 Å². The molecule has 2 aromatic rings. The van der Waals surface area contributed by atoms with Gasteiger partial charge in [-0.3, -0.25) is 0 Å². The van der Waals surface area contributed by atoms with Crippen LogP contribution < -0.4 is 4.74 Å². The Labute approximate surface area is 111 Å². The molecule has 0 heterocycles. The number of hydrogen-bond acceptors (Lipinski definition) is 1. The van der Waals surface area contributed by atoms with E-state index < -0.39 is 0 Å². The summed E-state index contributed by atoms with van der Waals surface area (Å²) in [4.78, 5) is 0. The Bertz CT molecular complexity index is 487. The van der Waals surface area contributed by atoms with E-state index in [1.54, 1.807) is 12.1 Å². The molecule has 0 fully saturated rings. The van der Waals surface area contributed by atoms with E-state index in [4.69, 9.17) is 16.3 Å². The van der Waals surface area contributed by atoms with Gasteiger partial charge >= 0.3 is 0 Å². The standard InChI is InChI=1S/C15H14ClFO/c16-10-9-15(12-5-2-1-3-6-12)18-14-8-4-7-13(17)11-14/h1-8,11,15H,9-10H2/t15-/m1/s1. The van der Waals surface area contributed by atoms with Crippen molar-refractivity contribution in [1.29, 1.82) is 0 Å². The average molecular weight is 265 g/mol. The van der Waals surface area contributed by atoms with Crippen molar-refractivity contribution in [3.05, 3.63) is 66.0 Å². The van der Waals surface area contributed by atoms with Gasteiger partial charge in [0.2, 0.25) is 0 Å². The highest BCUT2D eigenvalue weighted by molar-refractivity contribution is 6.17. The second-order valence-corrected chi connectivity index (χ2v) is 4.33. The zero-order chi connectivity index (χ0) is 12.8. The summed E-state index contributed by atoms with van der Waals surface area (Å²) in [7, 11) is 0. The van der Waals surface area contributed by atoms with Crippen molar-refractivity contribution in [3.63, 3.8) is 0 Å². The van der Waals surface area contributed by atoms with Crippen molar-refractivity contribution >= 4 is 11.6 Å². The first-order valence-electron chi connectivity index (χ1n) is 5.83. The summed E-state index contributed by atoms with van der Waals surface area (Å²) >= 11 is 5.79. The van der Waals surface area contributed by atoms with Crippen molar-refractivity contribution in [2.75, 3.05) is 5.88 Å². The monoisotopic (exact) mass is 264 g/mol. The highest BCUT2D eigenvalue weighted by Crippen LogP contribution is 2.25. The molecule has 1 atom stereocenters. The lowest BCUT2D eigenvalue weighted by Crippen LogP contribution is -2.08. The molecule has 0 saturated carbocycles. The molecule has 1 nitrogen and oxygen atoms in total. The molecule has 0 saturated heterocycles. The Morgan fingerprint density at radius 3 is 2.50 bits per heavy atom. The second-order valence-electron chi connectivity index (χ2n) is 3.95. The molecule has 0 bridgehead atoms. The van der Waals surface area contributed by atoms with Crippen LogP contribution in [0.15, 0.2) is 54.6 Å². The number of hydrogen-bond donors (Lipinski definition) is 0. The van der Waals surface area contributed by atoms with Crippen LogP contribution in [0.4, 0.5) is 4.39 Å². The fourth-order valence-corrected chi connectivity index (χ4v) is 1.96. The number of rotatable bonds is 5. The maximum atomic E-state index is 13.1. The molecule has 0 unspecified atom stereocenters. The maximum absolute atomic E-state index is 13.1. The summed E-state index contributed by atoms with van der Waals surface area (Å²) in [5.41, 5.74) is 1.04. The molecule has 0 aliphatic carbocycles. The van der Waals surface area contributed by atoms with Crippen LogP contribution in [0.1, 0.15) is 18.1 Å². The third-order valence-corrected chi connectivity index (χ3v) is 2.84. The minimum Gasteiger partial charge on any atom is -0.486 e. The van der Waals surface area contributed by atoms with Crippen LogP contribution >= 0.6 is 11.6 Å². The fraction of sp³-hybridized carbons (Fsp3) is 0.200. The van der Waals surface area contributed by atoms with Crippen molar-refractivity contribution < 1.29 is 9.13 Å². The summed E-state index contributed by atoms with van der Waals surface area (Å²) in [6, 6.07) is 16.0. The summed E-state index contributed by atoms with van der Waals surface area (Å²) in [5.74, 6) is 0.716.